The molecule has 0 saturated heterocycles. The molecule has 0 saturated carbocycles. The average Bonchev–Trinajstić information content (AvgIpc) is 3.12. The lowest BCUT2D eigenvalue weighted by molar-refractivity contribution is 0.0601. The van der Waals surface area contributed by atoms with Crippen molar-refractivity contribution in [2.45, 2.75) is 0 Å². The number of rotatable bonds is 5. The van der Waals surface area contributed by atoms with Crippen molar-refractivity contribution in [3.8, 4) is 5.69 Å². The molecule has 28 heavy (non-hydrogen) atoms. The fourth-order valence-corrected chi connectivity index (χ4v) is 3.01. The van der Waals surface area contributed by atoms with Crippen LogP contribution in [-0.4, -0.2) is 34.7 Å². The molecular formula is C21H19N5O2. The number of benzene rings is 2. The minimum atomic E-state index is -0.363. The van der Waals surface area contributed by atoms with Gasteiger partial charge in [0.2, 0.25) is 5.95 Å². The number of hydrogen-bond donors (Lipinski definition) is 2. The Kier molecular flexibility index (Phi) is 4.63. The van der Waals surface area contributed by atoms with Gasteiger partial charge in [0.25, 0.3) is 0 Å². The second kappa shape index (κ2) is 7.40. The molecule has 7 nitrogen and oxygen atoms in total. The van der Waals surface area contributed by atoms with Crippen LogP contribution in [0.4, 0.5) is 17.5 Å². The van der Waals surface area contributed by atoms with E-state index >= 15 is 0 Å². The summed E-state index contributed by atoms with van der Waals surface area (Å²) in [6.07, 6.45) is 1.74. The monoisotopic (exact) mass is 373 g/mol. The number of esters is 1. The lowest BCUT2D eigenvalue weighted by atomic mass is 10.2. The number of para-hydroxylation sites is 1. The normalized spacial score (nSPS) is 10.6. The van der Waals surface area contributed by atoms with E-state index in [2.05, 4.69) is 20.6 Å². The Morgan fingerprint density at radius 3 is 2.50 bits per heavy atom. The summed E-state index contributed by atoms with van der Waals surface area (Å²) in [5.74, 6) is 1.05. The highest BCUT2D eigenvalue weighted by Gasteiger charge is 2.13. The van der Waals surface area contributed by atoms with Crippen molar-refractivity contribution >= 4 is 34.5 Å². The molecule has 2 aromatic carbocycles. The predicted octanol–water partition coefficient (Wildman–Crippen LogP) is 3.99. The van der Waals surface area contributed by atoms with Crippen molar-refractivity contribution in [3.63, 3.8) is 0 Å². The molecule has 0 spiro atoms. The Morgan fingerprint density at radius 2 is 1.82 bits per heavy atom. The van der Waals surface area contributed by atoms with Gasteiger partial charge in [-0.3, -0.25) is 4.57 Å². The van der Waals surface area contributed by atoms with E-state index in [-0.39, 0.29) is 5.97 Å². The van der Waals surface area contributed by atoms with Gasteiger partial charge >= 0.3 is 5.97 Å². The lowest BCUT2D eigenvalue weighted by Gasteiger charge is -2.10. The molecule has 0 aliphatic carbocycles. The first-order chi connectivity index (χ1) is 13.7. The van der Waals surface area contributed by atoms with Gasteiger partial charge < -0.3 is 15.4 Å². The zero-order chi connectivity index (χ0) is 19.5. The highest BCUT2D eigenvalue weighted by atomic mass is 16.5. The summed E-state index contributed by atoms with van der Waals surface area (Å²) in [6, 6.07) is 19.0. The first kappa shape index (κ1) is 17.5. The molecule has 2 N–H and O–H groups in total. The highest BCUT2D eigenvalue weighted by molar-refractivity contribution is 5.90. The van der Waals surface area contributed by atoms with Gasteiger partial charge in [-0.25, -0.2) is 14.8 Å². The molecule has 0 fully saturated rings. The van der Waals surface area contributed by atoms with Crippen LogP contribution in [0.15, 0.2) is 66.9 Å². The third-order valence-electron chi connectivity index (χ3n) is 4.36. The maximum absolute atomic E-state index is 11.6. The van der Waals surface area contributed by atoms with Crippen LogP contribution in [0, 0.1) is 0 Å². The van der Waals surface area contributed by atoms with E-state index in [4.69, 9.17) is 4.74 Å². The number of carbonyl (C=O) groups is 1. The molecule has 2 aromatic heterocycles. The molecule has 4 aromatic rings. The van der Waals surface area contributed by atoms with E-state index in [0.717, 1.165) is 28.4 Å². The third-order valence-corrected chi connectivity index (χ3v) is 4.36. The summed E-state index contributed by atoms with van der Waals surface area (Å²) in [5, 5.41) is 6.40. The molecule has 0 bridgehead atoms. The number of carbonyl (C=O) groups excluding carboxylic acids is 1. The fourth-order valence-electron chi connectivity index (χ4n) is 3.01. The Labute approximate surface area is 162 Å². The van der Waals surface area contributed by atoms with Crippen molar-refractivity contribution in [1.82, 2.24) is 14.5 Å². The average molecular weight is 373 g/mol. The second-order valence-electron chi connectivity index (χ2n) is 6.11. The molecule has 0 atom stereocenters. The second-order valence-corrected chi connectivity index (χ2v) is 6.11. The molecule has 7 heteroatoms. The molecule has 2 heterocycles. The smallest absolute Gasteiger partial charge is 0.337 e. The molecule has 0 aliphatic heterocycles. The number of anilines is 3. The number of nitrogens with zero attached hydrogens (tertiary/aromatic N) is 3. The topological polar surface area (TPSA) is 81.1 Å². The fraction of sp³-hybridized carbons (Fsp3) is 0.0952. The van der Waals surface area contributed by atoms with Crippen molar-refractivity contribution in [2.24, 2.45) is 0 Å². The number of nitrogens with one attached hydrogen (secondary N) is 2. The number of aromatic nitrogens is 3. The quantitative estimate of drug-likeness (QED) is 0.515. The largest absolute Gasteiger partial charge is 0.465 e. The van der Waals surface area contributed by atoms with Crippen LogP contribution in [0.3, 0.4) is 0 Å². The summed E-state index contributed by atoms with van der Waals surface area (Å²) in [4.78, 5) is 20.6. The van der Waals surface area contributed by atoms with Gasteiger partial charge in [0.1, 0.15) is 11.3 Å². The van der Waals surface area contributed by atoms with E-state index in [1.807, 2.05) is 60.1 Å². The lowest BCUT2D eigenvalue weighted by Crippen LogP contribution is -2.02. The number of imidazole rings is 1. The minimum Gasteiger partial charge on any atom is -0.465 e. The van der Waals surface area contributed by atoms with Crippen LogP contribution in [-0.2, 0) is 4.74 Å². The molecule has 0 amide bonds. The molecule has 4 rings (SSSR count). The zero-order valence-corrected chi connectivity index (χ0v) is 15.5. The number of hydrogen-bond acceptors (Lipinski definition) is 6. The van der Waals surface area contributed by atoms with Gasteiger partial charge in [0, 0.05) is 24.5 Å². The molecule has 0 radical (unpaired) electrons. The van der Waals surface area contributed by atoms with Crippen LogP contribution in [0.25, 0.3) is 16.7 Å². The maximum Gasteiger partial charge on any atom is 0.337 e. The number of methoxy groups -OCH3 is 1. The predicted molar refractivity (Wildman–Crippen MR) is 109 cm³/mol. The maximum atomic E-state index is 11.6. The Hall–Kier alpha value is -3.87. The molecule has 0 aliphatic rings. The SMILES string of the molecule is CNc1nc2cnc(Nc3ccc(C(=O)OC)cc3)cc2n1-c1ccccc1. The zero-order valence-electron chi connectivity index (χ0n) is 15.5. The molecular weight excluding hydrogens is 354 g/mol. The van der Waals surface area contributed by atoms with E-state index in [1.165, 1.54) is 7.11 Å². The summed E-state index contributed by atoms with van der Waals surface area (Å²) in [6.45, 7) is 0. The highest BCUT2D eigenvalue weighted by Crippen LogP contribution is 2.26. The summed E-state index contributed by atoms with van der Waals surface area (Å²) in [7, 11) is 3.21. The van der Waals surface area contributed by atoms with Crippen LogP contribution in [0.5, 0.6) is 0 Å². The van der Waals surface area contributed by atoms with E-state index in [9.17, 15) is 4.79 Å². The third kappa shape index (κ3) is 3.25. The van der Waals surface area contributed by atoms with Crippen molar-refractivity contribution < 1.29 is 9.53 Å². The first-order valence-electron chi connectivity index (χ1n) is 8.76. The summed E-state index contributed by atoms with van der Waals surface area (Å²) >= 11 is 0. The minimum absolute atomic E-state index is 0.363. The van der Waals surface area contributed by atoms with Gasteiger partial charge in [0.05, 0.1) is 24.4 Å². The van der Waals surface area contributed by atoms with Crippen LogP contribution in [0.2, 0.25) is 0 Å². The summed E-state index contributed by atoms with van der Waals surface area (Å²) < 4.78 is 6.77. The van der Waals surface area contributed by atoms with Crippen LogP contribution >= 0.6 is 0 Å². The summed E-state index contributed by atoms with van der Waals surface area (Å²) in [5.41, 5.74) is 4.05. The van der Waals surface area contributed by atoms with Crippen LogP contribution in [0.1, 0.15) is 10.4 Å². The van der Waals surface area contributed by atoms with Gasteiger partial charge in [-0.2, -0.15) is 0 Å². The Morgan fingerprint density at radius 1 is 1.07 bits per heavy atom. The molecule has 0 unspecified atom stereocenters. The molecule has 140 valence electrons. The number of ether oxygens (including phenoxy) is 1. The van der Waals surface area contributed by atoms with Crippen molar-refractivity contribution in [2.75, 3.05) is 24.8 Å². The van der Waals surface area contributed by atoms with Gasteiger partial charge in [-0.05, 0) is 36.4 Å². The van der Waals surface area contributed by atoms with Gasteiger partial charge in [-0.15, -0.1) is 0 Å². The van der Waals surface area contributed by atoms with Crippen LogP contribution < -0.4 is 10.6 Å². The van der Waals surface area contributed by atoms with E-state index < -0.39 is 0 Å². The number of fused-ring (bicyclic) bond motifs is 1. The van der Waals surface area contributed by atoms with Gasteiger partial charge in [-0.1, -0.05) is 18.2 Å². The van der Waals surface area contributed by atoms with Gasteiger partial charge in [0.15, 0.2) is 0 Å². The van der Waals surface area contributed by atoms with E-state index in [0.29, 0.717) is 11.4 Å². The Bertz CT molecular complexity index is 1120. The van der Waals surface area contributed by atoms with E-state index in [1.54, 1.807) is 18.3 Å². The number of pyridine rings is 1. The standard InChI is InChI=1S/C21H19N5O2/c1-22-21-25-17-13-23-19(12-18(17)26(21)16-6-4-3-5-7-16)24-15-10-8-14(9-11-15)20(27)28-2/h3-13H,1-2H3,(H,22,25)(H,23,24). The van der Waals surface area contributed by atoms with Crippen molar-refractivity contribution in [1.29, 1.82) is 0 Å². The Balaban J connectivity index is 1.70. The van der Waals surface area contributed by atoms with Crippen molar-refractivity contribution in [3.05, 3.63) is 72.4 Å². The first-order valence-corrected chi connectivity index (χ1v) is 8.76.